The number of ether oxygens (including phenoxy) is 3. The molecule has 0 fully saturated rings. The van der Waals surface area contributed by atoms with Crippen molar-refractivity contribution in [1.29, 1.82) is 0 Å². The molecule has 1 aliphatic heterocycles. The standard InChI is InChI=1S/C36H38FNO5/c1-23(27-15-10-12-24-11-6-7-13-28(24)27)38(35(40)43-36(2,3)4)20-19-26-22-30(29-14-8-9-16-33(29)42-26)25-17-18-32(37)31(21-25)34(39)41-5/h6-18,21,23,26,30H,19-20,22H2,1-5H3/t23-,26-,30?/m1/s1. The number of halogens is 1. The van der Waals surface area contributed by atoms with Gasteiger partial charge in [0.2, 0.25) is 0 Å². The molecule has 4 aromatic carbocycles. The Labute approximate surface area is 252 Å². The minimum Gasteiger partial charge on any atom is -0.490 e. The van der Waals surface area contributed by atoms with E-state index in [4.69, 9.17) is 14.2 Å². The minimum atomic E-state index is -0.716. The molecule has 0 radical (unpaired) electrons. The molecule has 0 aromatic heterocycles. The summed E-state index contributed by atoms with van der Waals surface area (Å²) < 4.78 is 31.6. The summed E-state index contributed by atoms with van der Waals surface area (Å²) >= 11 is 0. The van der Waals surface area contributed by atoms with Crippen molar-refractivity contribution in [3.05, 3.63) is 113 Å². The molecule has 224 valence electrons. The highest BCUT2D eigenvalue weighted by Gasteiger charge is 2.33. The average Bonchev–Trinajstić information content (AvgIpc) is 2.99. The van der Waals surface area contributed by atoms with Crippen LogP contribution in [0.15, 0.2) is 84.9 Å². The lowest BCUT2D eigenvalue weighted by Gasteiger charge is -2.36. The van der Waals surface area contributed by atoms with E-state index < -0.39 is 17.4 Å². The van der Waals surface area contributed by atoms with Crippen molar-refractivity contribution in [2.75, 3.05) is 13.7 Å². The SMILES string of the molecule is COC(=O)c1cc(C2C[C@@H](CCN(C(=O)OC(C)(C)C)[C@H](C)c3cccc4ccccc34)Oc3ccccc32)ccc1F. The van der Waals surface area contributed by atoms with Crippen LogP contribution in [0.1, 0.15) is 79.5 Å². The number of nitrogens with zero attached hydrogens (tertiary/aromatic N) is 1. The first-order chi connectivity index (χ1) is 20.6. The van der Waals surface area contributed by atoms with Gasteiger partial charge in [-0.25, -0.2) is 14.0 Å². The number of benzene rings is 4. The molecule has 1 unspecified atom stereocenters. The highest BCUT2D eigenvalue weighted by atomic mass is 19.1. The molecule has 7 heteroatoms. The van der Waals surface area contributed by atoms with Crippen LogP contribution < -0.4 is 4.74 Å². The van der Waals surface area contributed by atoms with Gasteiger partial charge in [-0.05, 0) is 74.2 Å². The third-order valence-corrected chi connectivity index (χ3v) is 7.95. The Balaban J connectivity index is 1.43. The van der Waals surface area contributed by atoms with Crippen LogP contribution in [0.4, 0.5) is 9.18 Å². The normalized spacial score (nSPS) is 17.0. The summed E-state index contributed by atoms with van der Waals surface area (Å²) in [6, 6.07) is 26.4. The molecular formula is C36H38FNO5. The maximum Gasteiger partial charge on any atom is 0.410 e. The summed E-state index contributed by atoms with van der Waals surface area (Å²) in [4.78, 5) is 27.6. The summed E-state index contributed by atoms with van der Waals surface area (Å²) in [5.74, 6) is -0.738. The van der Waals surface area contributed by atoms with Gasteiger partial charge in [0.05, 0.1) is 18.7 Å². The van der Waals surface area contributed by atoms with Crippen LogP contribution in [0.5, 0.6) is 5.75 Å². The van der Waals surface area contributed by atoms with E-state index in [1.54, 1.807) is 17.0 Å². The van der Waals surface area contributed by atoms with E-state index in [-0.39, 0.29) is 29.7 Å². The van der Waals surface area contributed by atoms with Gasteiger partial charge >= 0.3 is 12.1 Å². The average molecular weight is 584 g/mol. The Kier molecular flexibility index (Phi) is 8.71. The lowest BCUT2D eigenvalue weighted by atomic mass is 9.83. The number of amides is 1. The summed E-state index contributed by atoms with van der Waals surface area (Å²) in [7, 11) is 1.24. The lowest BCUT2D eigenvalue weighted by molar-refractivity contribution is 0.0141. The minimum absolute atomic E-state index is 0.0967. The number of methoxy groups -OCH3 is 1. The molecule has 0 aliphatic carbocycles. The molecule has 4 aromatic rings. The predicted octanol–water partition coefficient (Wildman–Crippen LogP) is 8.44. The number of rotatable bonds is 7. The van der Waals surface area contributed by atoms with Gasteiger partial charge < -0.3 is 19.1 Å². The van der Waals surface area contributed by atoms with Crippen molar-refractivity contribution in [3.63, 3.8) is 0 Å². The van der Waals surface area contributed by atoms with Gasteiger partial charge in [-0.1, -0.05) is 66.7 Å². The van der Waals surface area contributed by atoms with Crippen molar-refractivity contribution < 1.29 is 28.2 Å². The van der Waals surface area contributed by atoms with Gasteiger partial charge in [0, 0.05) is 24.4 Å². The molecule has 0 saturated carbocycles. The summed E-state index contributed by atoms with van der Waals surface area (Å²) in [6.45, 7) is 8.02. The van der Waals surface area contributed by atoms with E-state index in [0.717, 1.165) is 33.2 Å². The third kappa shape index (κ3) is 6.66. The van der Waals surface area contributed by atoms with Gasteiger partial charge in [-0.3, -0.25) is 0 Å². The van der Waals surface area contributed by atoms with Crippen LogP contribution in [0.25, 0.3) is 10.8 Å². The van der Waals surface area contributed by atoms with Gasteiger partial charge in [0.15, 0.2) is 0 Å². The highest BCUT2D eigenvalue weighted by molar-refractivity contribution is 5.90. The van der Waals surface area contributed by atoms with E-state index in [1.165, 1.54) is 13.2 Å². The fourth-order valence-electron chi connectivity index (χ4n) is 5.84. The first-order valence-electron chi connectivity index (χ1n) is 14.7. The molecule has 1 heterocycles. The molecule has 6 nitrogen and oxygen atoms in total. The van der Waals surface area contributed by atoms with Gasteiger partial charge in [0.1, 0.15) is 23.3 Å². The van der Waals surface area contributed by atoms with Crippen molar-refractivity contribution in [2.45, 2.75) is 64.2 Å². The molecule has 0 spiro atoms. The second-order valence-electron chi connectivity index (χ2n) is 12.0. The van der Waals surface area contributed by atoms with Crippen LogP contribution in [0.3, 0.4) is 0 Å². The predicted molar refractivity (Wildman–Crippen MR) is 165 cm³/mol. The van der Waals surface area contributed by atoms with Crippen LogP contribution in [0, 0.1) is 5.82 Å². The van der Waals surface area contributed by atoms with Crippen LogP contribution >= 0.6 is 0 Å². The van der Waals surface area contributed by atoms with Crippen LogP contribution in [0.2, 0.25) is 0 Å². The molecule has 43 heavy (non-hydrogen) atoms. The number of hydrogen-bond donors (Lipinski definition) is 0. The van der Waals surface area contributed by atoms with E-state index in [2.05, 4.69) is 24.3 Å². The first kappa shape index (κ1) is 30.1. The second kappa shape index (κ2) is 12.5. The Bertz CT molecular complexity index is 1620. The fourth-order valence-corrected chi connectivity index (χ4v) is 5.84. The van der Waals surface area contributed by atoms with Crippen molar-refractivity contribution >= 4 is 22.8 Å². The summed E-state index contributed by atoms with van der Waals surface area (Å²) in [5, 5.41) is 2.20. The number of esters is 1. The zero-order valence-electron chi connectivity index (χ0n) is 25.3. The topological polar surface area (TPSA) is 65.1 Å². The molecule has 0 N–H and O–H groups in total. The quantitative estimate of drug-likeness (QED) is 0.204. The van der Waals surface area contributed by atoms with Crippen molar-refractivity contribution in [2.24, 2.45) is 0 Å². The number of fused-ring (bicyclic) bond motifs is 2. The second-order valence-corrected chi connectivity index (χ2v) is 12.0. The van der Waals surface area contributed by atoms with Crippen molar-refractivity contribution in [3.8, 4) is 5.75 Å². The van der Waals surface area contributed by atoms with Gasteiger partial charge in [-0.2, -0.15) is 0 Å². The third-order valence-electron chi connectivity index (χ3n) is 7.95. The molecular weight excluding hydrogens is 545 g/mol. The Morgan fingerprint density at radius 2 is 1.72 bits per heavy atom. The van der Waals surface area contributed by atoms with E-state index >= 15 is 0 Å². The smallest absolute Gasteiger partial charge is 0.410 e. The number of carbonyl (C=O) groups is 2. The Hall–Kier alpha value is -4.39. The van der Waals surface area contributed by atoms with E-state index in [1.807, 2.05) is 70.2 Å². The zero-order chi connectivity index (χ0) is 30.7. The van der Waals surface area contributed by atoms with Crippen LogP contribution in [-0.2, 0) is 9.47 Å². The number of hydrogen-bond acceptors (Lipinski definition) is 5. The fraction of sp³-hybridized carbons (Fsp3) is 0.333. The monoisotopic (exact) mass is 583 g/mol. The maximum absolute atomic E-state index is 14.5. The molecule has 0 saturated heterocycles. The van der Waals surface area contributed by atoms with Gasteiger partial charge in [-0.15, -0.1) is 0 Å². The lowest BCUT2D eigenvalue weighted by Crippen LogP contribution is -2.41. The van der Waals surface area contributed by atoms with Gasteiger partial charge in [0.25, 0.3) is 0 Å². The molecule has 3 atom stereocenters. The zero-order valence-corrected chi connectivity index (χ0v) is 25.3. The van der Waals surface area contributed by atoms with E-state index in [0.29, 0.717) is 19.4 Å². The molecule has 5 rings (SSSR count). The molecule has 0 bridgehead atoms. The molecule has 1 aliphatic rings. The first-order valence-corrected chi connectivity index (χ1v) is 14.7. The van der Waals surface area contributed by atoms with Crippen molar-refractivity contribution in [1.82, 2.24) is 4.90 Å². The largest absolute Gasteiger partial charge is 0.490 e. The Morgan fingerprint density at radius 1 is 1.00 bits per heavy atom. The summed E-state index contributed by atoms with van der Waals surface area (Å²) in [5.41, 5.74) is 2.06. The Morgan fingerprint density at radius 3 is 2.49 bits per heavy atom. The number of para-hydroxylation sites is 1. The van der Waals surface area contributed by atoms with Crippen LogP contribution in [-0.4, -0.2) is 42.3 Å². The number of carbonyl (C=O) groups excluding carboxylic acids is 2. The maximum atomic E-state index is 14.5. The van der Waals surface area contributed by atoms with E-state index in [9.17, 15) is 14.0 Å². The summed E-state index contributed by atoms with van der Waals surface area (Å²) in [6.07, 6.45) is 0.510. The molecule has 1 amide bonds. The highest BCUT2D eigenvalue weighted by Crippen LogP contribution is 2.42.